The first-order valence-electron chi connectivity index (χ1n) is 10.2. The van der Waals surface area contributed by atoms with Crippen molar-refractivity contribution in [2.24, 2.45) is 5.92 Å². The maximum atomic E-state index is 12.5. The fourth-order valence-electron chi connectivity index (χ4n) is 3.78. The Morgan fingerprint density at radius 2 is 1.81 bits per heavy atom. The zero-order chi connectivity index (χ0) is 19.1. The molecule has 2 fully saturated rings. The van der Waals surface area contributed by atoms with Gasteiger partial charge in [0.2, 0.25) is 0 Å². The maximum Gasteiger partial charge on any atom is 0.315 e. The third kappa shape index (κ3) is 5.96. The summed E-state index contributed by atoms with van der Waals surface area (Å²) in [7, 11) is 0. The molecule has 3 amide bonds. The largest absolute Gasteiger partial charge is 0.339 e. The summed E-state index contributed by atoms with van der Waals surface area (Å²) in [4.78, 5) is 28.8. The van der Waals surface area contributed by atoms with Gasteiger partial charge in [-0.3, -0.25) is 4.79 Å². The Hall–Kier alpha value is -2.08. The number of nitrogens with one attached hydrogen (secondary N) is 2. The molecule has 0 radical (unpaired) electrons. The normalized spacial score (nSPS) is 18.5. The van der Waals surface area contributed by atoms with Crippen molar-refractivity contribution in [2.45, 2.75) is 39.2 Å². The monoisotopic (exact) mass is 372 g/mol. The molecule has 2 aliphatic heterocycles. The van der Waals surface area contributed by atoms with Gasteiger partial charge < -0.3 is 20.4 Å². The molecule has 27 heavy (non-hydrogen) atoms. The van der Waals surface area contributed by atoms with Crippen LogP contribution in [0.1, 0.15) is 48.5 Å². The Labute approximate surface area is 162 Å². The predicted octanol–water partition coefficient (Wildman–Crippen LogP) is 2.45. The number of hydrogen-bond donors (Lipinski definition) is 2. The van der Waals surface area contributed by atoms with Gasteiger partial charge in [-0.1, -0.05) is 19.1 Å². The molecule has 2 heterocycles. The average molecular weight is 373 g/mol. The van der Waals surface area contributed by atoms with E-state index in [1.54, 1.807) is 0 Å². The van der Waals surface area contributed by atoms with Crippen LogP contribution in [0.4, 0.5) is 4.79 Å². The van der Waals surface area contributed by atoms with Gasteiger partial charge in [-0.15, -0.1) is 0 Å². The summed E-state index contributed by atoms with van der Waals surface area (Å²) in [5.41, 5.74) is 1.65. The zero-order valence-electron chi connectivity index (χ0n) is 16.4. The van der Waals surface area contributed by atoms with E-state index >= 15 is 0 Å². The van der Waals surface area contributed by atoms with Crippen molar-refractivity contribution >= 4 is 11.9 Å². The van der Waals surface area contributed by atoms with Crippen LogP contribution in [0.25, 0.3) is 0 Å². The number of amides is 3. The lowest BCUT2D eigenvalue weighted by molar-refractivity contribution is 0.0792. The fourth-order valence-corrected chi connectivity index (χ4v) is 3.78. The van der Waals surface area contributed by atoms with Crippen LogP contribution in [0.15, 0.2) is 24.3 Å². The van der Waals surface area contributed by atoms with E-state index in [1.165, 1.54) is 12.8 Å². The van der Waals surface area contributed by atoms with Crippen molar-refractivity contribution in [1.82, 2.24) is 20.4 Å². The van der Waals surface area contributed by atoms with Crippen LogP contribution in [0, 0.1) is 5.92 Å². The lowest BCUT2D eigenvalue weighted by atomic mass is 9.99. The van der Waals surface area contributed by atoms with E-state index in [4.69, 9.17) is 0 Å². The summed E-state index contributed by atoms with van der Waals surface area (Å²) in [5.74, 6) is 0.917. The lowest BCUT2D eigenvalue weighted by Gasteiger charge is -2.30. The predicted molar refractivity (Wildman–Crippen MR) is 107 cm³/mol. The molecule has 3 rings (SSSR count). The highest BCUT2D eigenvalue weighted by atomic mass is 16.2. The van der Waals surface area contributed by atoms with E-state index in [0.717, 1.165) is 57.0 Å². The summed E-state index contributed by atoms with van der Waals surface area (Å²) >= 11 is 0. The first kappa shape index (κ1) is 19.7. The van der Waals surface area contributed by atoms with Crippen molar-refractivity contribution < 1.29 is 9.59 Å². The smallest absolute Gasteiger partial charge is 0.315 e. The molecule has 6 heteroatoms. The fraction of sp³-hybridized carbons (Fsp3) is 0.619. The molecule has 0 saturated carbocycles. The number of hydrogen-bond acceptors (Lipinski definition) is 3. The molecule has 0 spiro atoms. The molecule has 2 N–H and O–H groups in total. The number of carbonyl (C=O) groups is 2. The van der Waals surface area contributed by atoms with E-state index in [2.05, 4.69) is 22.5 Å². The van der Waals surface area contributed by atoms with Gasteiger partial charge in [0.25, 0.3) is 5.91 Å². The van der Waals surface area contributed by atoms with Gasteiger partial charge in [0.1, 0.15) is 0 Å². The van der Waals surface area contributed by atoms with E-state index in [9.17, 15) is 9.59 Å². The zero-order valence-corrected chi connectivity index (χ0v) is 16.4. The van der Waals surface area contributed by atoms with Gasteiger partial charge in [0.05, 0.1) is 0 Å². The Balaban J connectivity index is 1.38. The minimum absolute atomic E-state index is 0.0923. The Bertz CT molecular complexity index is 635. The minimum atomic E-state index is -0.156. The summed E-state index contributed by atoms with van der Waals surface area (Å²) in [6.45, 7) is 8.24. The standard InChI is InChI=1S/C21H32N4O2/c1-17-7-12-24(13-8-17)14-9-22-21(27)23-16-18-5-4-6-19(15-18)20(26)25-10-2-3-11-25/h4-6,15,17H,2-3,7-14,16H2,1H3,(H2,22,23,27). The van der Waals surface area contributed by atoms with E-state index < -0.39 is 0 Å². The van der Waals surface area contributed by atoms with Gasteiger partial charge in [-0.05, 0) is 62.4 Å². The van der Waals surface area contributed by atoms with E-state index in [-0.39, 0.29) is 11.9 Å². The SMILES string of the molecule is CC1CCN(CCNC(=O)NCc2cccc(C(=O)N3CCCC3)c2)CC1. The van der Waals surface area contributed by atoms with Gasteiger partial charge in [0.15, 0.2) is 0 Å². The third-order valence-corrected chi connectivity index (χ3v) is 5.61. The van der Waals surface area contributed by atoms with Gasteiger partial charge in [-0.25, -0.2) is 4.79 Å². The maximum absolute atomic E-state index is 12.5. The number of likely N-dealkylation sites (tertiary alicyclic amines) is 2. The van der Waals surface area contributed by atoms with Gasteiger partial charge in [0, 0.05) is 38.3 Å². The minimum Gasteiger partial charge on any atom is -0.339 e. The highest BCUT2D eigenvalue weighted by Gasteiger charge is 2.19. The summed E-state index contributed by atoms with van der Waals surface area (Å²) in [6, 6.07) is 7.40. The number of rotatable bonds is 6. The Morgan fingerprint density at radius 3 is 2.56 bits per heavy atom. The molecule has 148 valence electrons. The topological polar surface area (TPSA) is 64.7 Å². The van der Waals surface area contributed by atoms with Crippen molar-refractivity contribution in [3.05, 3.63) is 35.4 Å². The number of benzene rings is 1. The highest BCUT2D eigenvalue weighted by Crippen LogP contribution is 2.15. The second-order valence-corrected chi connectivity index (χ2v) is 7.83. The molecule has 0 atom stereocenters. The first-order valence-corrected chi connectivity index (χ1v) is 10.2. The number of nitrogens with zero attached hydrogens (tertiary/aromatic N) is 2. The molecule has 2 saturated heterocycles. The molecule has 2 aliphatic rings. The van der Waals surface area contributed by atoms with Crippen LogP contribution in [-0.2, 0) is 6.54 Å². The van der Waals surface area contributed by atoms with Crippen LogP contribution in [0.3, 0.4) is 0 Å². The summed E-state index contributed by atoms with van der Waals surface area (Å²) in [6.07, 6.45) is 4.67. The lowest BCUT2D eigenvalue weighted by Crippen LogP contribution is -2.42. The van der Waals surface area contributed by atoms with Crippen molar-refractivity contribution in [3.8, 4) is 0 Å². The number of urea groups is 1. The van der Waals surface area contributed by atoms with Crippen LogP contribution in [0.5, 0.6) is 0 Å². The van der Waals surface area contributed by atoms with Gasteiger partial charge in [-0.2, -0.15) is 0 Å². The molecule has 1 aromatic rings. The third-order valence-electron chi connectivity index (χ3n) is 5.61. The molecule has 6 nitrogen and oxygen atoms in total. The van der Waals surface area contributed by atoms with E-state index in [0.29, 0.717) is 18.7 Å². The molecule has 0 aliphatic carbocycles. The summed E-state index contributed by atoms with van der Waals surface area (Å²) in [5, 5.41) is 5.81. The number of piperidine rings is 1. The van der Waals surface area contributed by atoms with Crippen LogP contribution in [-0.4, -0.2) is 61.0 Å². The molecular weight excluding hydrogens is 340 g/mol. The molecular formula is C21H32N4O2. The molecule has 1 aromatic carbocycles. The average Bonchev–Trinajstić information content (AvgIpc) is 3.22. The van der Waals surface area contributed by atoms with Crippen LogP contribution < -0.4 is 10.6 Å². The molecule has 0 unspecified atom stereocenters. The van der Waals surface area contributed by atoms with Crippen molar-refractivity contribution in [3.63, 3.8) is 0 Å². The van der Waals surface area contributed by atoms with E-state index in [1.807, 2.05) is 29.2 Å². The Kier molecular flexibility index (Phi) is 7.10. The quantitative estimate of drug-likeness (QED) is 0.806. The first-order chi connectivity index (χ1) is 13.1. The Morgan fingerprint density at radius 1 is 1.07 bits per heavy atom. The molecule has 0 bridgehead atoms. The van der Waals surface area contributed by atoms with Crippen LogP contribution >= 0.6 is 0 Å². The number of carbonyl (C=O) groups excluding carboxylic acids is 2. The van der Waals surface area contributed by atoms with Crippen molar-refractivity contribution in [1.29, 1.82) is 0 Å². The van der Waals surface area contributed by atoms with Crippen molar-refractivity contribution in [2.75, 3.05) is 39.3 Å². The van der Waals surface area contributed by atoms with Gasteiger partial charge >= 0.3 is 6.03 Å². The summed E-state index contributed by atoms with van der Waals surface area (Å²) < 4.78 is 0. The second kappa shape index (κ2) is 9.74. The molecule has 0 aromatic heterocycles. The highest BCUT2D eigenvalue weighted by molar-refractivity contribution is 5.94. The van der Waals surface area contributed by atoms with Crippen LogP contribution in [0.2, 0.25) is 0 Å². The second-order valence-electron chi connectivity index (χ2n) is 7.83.